The zero-order valence-electron chi connectivity index (χ0n) is 10.6. The molecule has 0 saturated carbocycles. The van der Waals surface area contributed by atoms with Crippen molar-refractivity contribution in [1.29, 1.82) is 0 Å². The normalized spacial score (nSPS) is 10.7. The Morgan fingerprint density at radius 3 is 2.58 bits per heavy atom. The average molecular weight is 249 g/mol. The van der Waals surface area contributed by atoms with Gasteiger partial charge in [-0.15, -0.1) is 0 Å². The zero-order chi connectivity index (χ0) is 13.1. The molecule has 0 spiro atoms. The predicted molar refractivity (Wildman–Crippen MR) is 77.5 cm³/mol. The molecule has 2 heteroatoms. The van der Waals surface area contributed by atoms with Crippen LogP contribution in [0.4, 0.5) is 0 Å². The number of aryl methyl sites for hydroxylation is 2. The molecule has 0 aliphatic heterocycles. The van der Waals surface area contributed by atoms with E-state index < -0.39 is 0 Å². The van der Waals surface area contributed by atoms with Crippen LogP contribution in [0.1, 0.15) is 15.9 Å². The van der Waals surface area contributed by atoms with Crippen molar-refractivity contribution in [3.63, 3.8) is 0 Å². The molecule has 0 fully saturated rings. The van der Waals surface area contributed by atoms with Crippen molar-refractivity contribution >= 4 is 17.2 Å². The topological polar surface area (TPSA) is 22.0 Å². The minimum absolute atomic E-state index is 0.760. The standard InChI is InChI=1S/C17H15NO/c19-13-16-8-4-7-15-10-12-18(17(15)16)11-9-14-5-2-1-3-6-14/h1-8,10,12-13H,9,11H2. The summed E-state index contributed by atoms with van der Waals surface area (Å²) < 4.78 is 2.16. The van der Waals surface area contributed by atoms with Gasteiger partial charge in [0, 0.05) is 23.7 Å². The molecule has 0 aliphatic rings. The van der Waals surface area contributed by atoms with Crippen molar-refractivity contribution in [1.82, 2.24) is 4.57 Å². The molecule has 0 amide bonds. The predicted octanol–water partition coefficient (Wildman–Crippen LogP) is 3.70. The molecule has 3 aromatic rings. The van der Waals surface area contributed by atoms with Gasteiger partial charge in [-0.1, -0.05) is 42.5 Å². The third kappa shape index (κ3) is 2.29. The number of hydrogen-bond donors (Lipinski definition) is 0. The van der Waals surface area contributed by atoms with Gasteiger partial charge >= 0.3 is 0 Å². The smallest absolute Gasteiger partial charge is 0.152 e. The van der Waals surface area contributed by atoms with E-state index in [2.05, 4.69) is 41.1 Å². The molecule has 0 saturated heterocycles. The van der Waals surface area contributed by atoms with Crippen molar-refractivity contribution in [2.24, 2.45) is 0 Å². The van der Waals surface area contributed by atoms with E-state index in [9.17, 15) is 4.79 Å². The summed E-state index contributed by atoms with van der Waals surface area (Å²) in [5.41, 5.74) is 3.11. The Morgan fingerprint density at radius 2 is 1.79 bits per heavy atom. The molecule has 1 aromatic heterocycles. The van der Waals surface area contributed by atoms with Crippen LogP contribution in [0.25, 0.3) is 10.9 Å². The van der Waals surface area contributed by atoms with Crippen LogP contribution in [-0.4, -0.2) is 10.9 Å². The van der Waals surface area contributed by atoms with E-state index in [0.29, 0.717) is 0 Å². The lowest BCUT2D eigenvalue weighted by Gasteiger charge is -2.07. The highest BCUT2D eigenvalue weighted by molar-refractivity contribution is 5.96. The molecule has 0 bridgehead atoms. The van der Waals surface area contributed by atoms with Crippen molar-refractivity contribution in [3.05, 3.63) is 71.9 Å². The minimum Gasteiger partial charge on any atom is -0.347 e. The zero-order valence-corrected chi connectivity index (χ0v) is 10.6. The van der Waals surface area contributed by atoms with Crippen molar-refractivity contribution < 1.29 is 4.79 Å². The van der Waals surface area contributed by atoms with Crippen LogP contribution >= 0.6 is 0 Å². The van der Waals surface area contributed by atoms with Crippen LogP contribution in [0, 0.1) is 0 Å². The molecule has 0 radical (unpaired) electrons. The van der Waals surface area contributed by atoms with Gasteiger partial charge in [-0.2, -0.15) is 0 Å². The second kappa shape index (κ2) is 5.11. The highest BCUT2D eigenvalue weighted by atomic mass is 16.1. The third-order valence-corrected chi connectivity index (χ3v) is 3.43. The van der Waals surface area contributed by atoms with Gasteiger partial charge < -0.3 is 4.57 Å². The summed E-state index contributed by atoms with van der Waals surface area (Å²) in [5, 5.41) is 1.12. The number of benzene rings is 2. The molecule has 2 aromatic carbocycles. The number of nitrogens with zero attached hydrogens (tertiary/aromatic N) is 1. The van der Waals surface area contributed by atoms with Gasteiger partial charge in [-0.25, -0.2) is 0 Å². The van der Waals surface area contributed by atoms with E-state index in [-0.39, 0.29) is 0 Å². The lowest BCUT2D eigenvalue weighted by atomic mass is 10.1. The summed E-state index contributed by atoms with van der Waals surface area (Å²) in [6, 6.07) is 18.3. The monoisotopic (exact) mass is 249 g/mol. The van der Waals surface area contributed by atoms with Gasteiger partial charge in [0.05, 0.1) is 5.52 Å². The number of rotatable bonds is 4. The number of carbonyl (C=O) groups is 1. The van der Waals surface area contributed by atoms with Crippen LogP contribution in [0.5, 0.6) is 0 Å². The first kappa shape index (κ1) is 11.7. The van der Waals surface area contributed by atoms with Gasteiger partial charge in [0.15, 0.2) is 6.29 Å². The maximum atomic E-state index is 11.1. The van der Waals surface area contributed by atoms with Crippen LogP contribution < -0.4 is 0 Å². The number of fused-ring (bicyclic) bond motifs is 1. The Bertz CT molecular complexity index is 698. The van der Waals surface area contributed by atoms with E-state index in [0.717, 1.165) is 35.7 Å². The summed E-state index contributed by atoms with van der Waals surface area (Å²) in [6.07, 6.45) is 3.96. The summed E-state index contributed by atoms with van der Waals surface area (Å²) in [5.74, 6) is 0. The molecule has 19 heavy (non-hydrogen) atoms. The number of hydrogen-bond acceptors (Lipinski definition) is 1. The van der Waals surface area contributed by atoms with E-state index in [1.807, 2.05) is 24.3 Å². The Kier molecular flexibility index (Phi) is 3.15. The SMILES string of the molecule is O=Cc1cccc2ccn(CCc3ccccc3)c12. The van der Waals surface area contributed by atoms with Crippen LogP contribution in [-0.2, 0) is 13.0 Å². The Morgan fingerprint density at radius 1 is 0.947 bits per heavy atom. The second-order valence-electron chi connectivity index (χ2n) is 4.65. The summed E-state index contributed by atoms with van der Waals surface area (Å²) in [4.78, 5) is 11.1. The Hall–Kier alpha value is -2.35. The minimum atomic E-state index is 0.760. The maximum Gasteiger partial charge on any atom is 0.152 e. The number of aldehydes is 1. The lowest BCUT2D eigenvalue weighted by Crippen LogP contribution is -2.01. The Labute approximate surface area is 112 Å². The highest BCUT2D eigenvalue weighted by Gasteiger charge is 2.05. The van der Waals surface area contributed by atoms with Gasteiger partial charge in [-0.3, -0.25) is 4.79 Å². The number of aromatic nitrogens is 1. The molecule has 0 unspecified atom stereocenters. The van der Waals surface area contributed by atoms with Crippen LogP contribution in [0.15, 0.2) is 60.8 Å². The van der Waals surface area contributed by atoms with E-state index in [4.69, 9.17) is 0 Å². The van der Waals surface area contributed by atoms with Crippen molar-refractivity contribution in [3.8, 4) is 0 Å². The van der Waals surface area contributed by atoms with E-state index in [1.165, 1.54) is 5.56 Å². The second-order valence-corrected chi connectivity index (χ2v) is 4.65. The molecule has 0 aliphatic carbocycles. The molecule has 2 nitrogen and oxygen atoms in total. The fraction of sp³-hybridized carbons (Fsp3) is 0.118. The lowest BCUT2D eigenvalue weighted by molar-refractivity contribution is 0.112. The average Bonchev–Trinajstić information content (AvgIpc) is 2.89. The fourth-order valence-corrected chi connectivity index (χ4v) is 2.47. The molecular formula is C17H15NO. The van der Waals surface area contributed by atoms with E-state index >= 15 is 0 Å². The van der Waals surface area contributed by atoms with Crippen molar-refractivity contribution in [2.45, 2.75) is 13.0 Å². The first-order chi connectivity index (χ1) is 9.38. The number of carbonyl (C=O) groups excluding carboxylic acids is 1. The summed E-state index contributed by atoms with van der Waals surface area (Å²) in [7, 11) is 0. The molecule has 3 rings (SSSR count). The number of para-hydroxylation sites is 1. The summed E-state index contributed by atoms with van der Waals surface area (Å²) in [6.45, 7) is 0.887. The molecular weight excluding hydrogens is 234 g/mol. The van der Waals surface area contributed by atoms with Crippen LogP contribution in [0.3, 0.4) is 0 Å². The van der Waals surface area contributed by atoms with Crippen molar-refractivity contribution in [2.75, 3.05) is 0 Å². The third-order valence-electron chi connectivity index (χ3n) is 3.43. The molecule has 0 atom stereocenters. The first-order valence-electron chi connectivity index (χ1n) is 6.45. The van der Waals surface area contributed by atoms with Gasteiger partial charge in [0.2, 0.25) is 0 Å². The van der Waals surface area contributed by atoms with Gasteiger partial charge in [0.1, 0.15) is 0 Å². The molecule has 94 valence electrons. The fourth-order valence-electron chi connectivity index (χ4n) is 2.47. The highest BCUT2D eigenvalue weighted by Crippen LogP contribution is 2.19. The maximum absolute atomic E-state index is 11.1. The van der Waals surface area contributed by atoms with E-state index in [1.54, 1.807) is 0 Å². The summed E-state index contributed by atoms with van der Waals surface area (Å²) >= 11 is 0. The van der Waals surface area contributed by atoms with Gasteiger partial charge in [-0.05, 0) is 24.1 Å². The van der Waals surface area contributed by atoms with Gasteiger partial charge in [0.25, 0.3) is 0 Å². The first-order valence-corrected chi connectivity index (χ1v) is 6.45. The largest absolute Gasteiger partial charge is 0.347 e. The quantitative estimate of drug-likeness (QED) is 0.646. The Balaban J connectivity index is 1.91. The molecule has 1 heterocycles. The van der Waals surface area contributed by atoms with Crippen LogP contribution in [0.2, 0.25) is 0 Å². The molecule has 0 N–H and O–H groups in total.